The molecule has 0 atom stereocenters. The van der Waals surface area contributed by atoms with Crippen molar-refractivity contribution in [2.24, 2.45) is 11.1 Å². The zero-order valence-corrected chi connectivity index (χ0v) is 15.0. The van der Waals surface area contributed by atoms with Gasteiger partial charge in [-0.05, 0) is 25.0 Å². The summed E-state index contributed by atoms with van der Waals surface area (Å²) in [7, 11) is 0. The van der Waals surface area contributed by atoms with Crippen LogP contribution < -0.4 is 10.6 Å². The molecule has 1 saturated heterocycles. The third-order valence-corrected chi connectivity index (χ3v) is 4.95. The van der Waals surface area contributed by atoms with Crippen molar-refractivity contribution in [3.8, 4) is 0 Å². The Hall–Kier alpha value is -1.04. The minimum atomic E-state index is -0.271. The Bertz CT molecular complexity index is 486. The summed E-state index contributed by atoms with van der Waals surface area (Å²) in [5.41, 5.74) is 5.66. The number of anilines is 1. The number of carbonyl (C=O) groups excluding carboxylic acids is 1. The molecule has 1 amide bonds. The van der Waals surface area contributed by atoms with Gasteiger partial charge in [0.2, 0.25) is 5.91 Å². The van der Waals surface area contributed by atoms with Crippen LogP contribution in [0.2, 0.25) is 0 Å². The van der Waals surface area contributed by atoms with Crippen molar-refractivity contribution in [1.82, 2.24) is 9.88 Å². The molecule has 3 rings (SSSR count). The summed E-state index contributed by atoms with van der Waals surface area (Å²) in [5.74, 6) is 1.28. The summed E-state index contributed by atoms with van der Waals surface area (Å²) >= 11 is 0. The molecule has 1 aliphatic heterocycles. The van der Waals surface area contributed by atoms with Gasteiger partial charge in [-0.1, -0.05) is 18.9 Å². The van der Waals surface area contributed by atoms with Crippen molar-refractivity contribution in [1.29, 1.82) is 0 Å². The first-order chi connectivity index (χ1) is 10.2. The standard InChI is InChI=1S/C16H24N4O.2ClH/c17-13-16(6-2-3-7-16)15(21)20-11-9-19(10-12-20)14-5-1-4-8-18-14;;/h1,4-5,8H,2-3,6-7,9-13,17H2;2*1H. The van der Waals surface area contributed by atoms with Gasteiger partial charge in [0.1, 0.15) is 5.82 Å². The fourth-order valence-electron chi connectivity index (χ4n) is 3.57. The van der Waals surface area contributed by atoms with Crippen molar-refractivity contribution in [3.63, 3.8) is 0 Å². The Labute approximate surface area is 150 Å². The van der Waals surface area contributed by atoms with E-state index in [1.165, 1.54) is 0 Å². The molecular formula is C16H26Cl2N4O. The molecule has 1 aromatic heterocycles. The number of rotatable bonds is 3. The molecule has 1 saturated carbocycles. The van der Waals surface area contributed by atoms with Crippen LogP contribution in [0, 0.1) is 5.41 Å². The number of piperazine rings is 1. The van der Waals surface area contributed by atoms with Gasteiger partial charge in [0.15, 0.2) is 0 Å². The van der Waals surface area contributed by atoms with E-state index in [-0.39, 0.29) is 36.1 Å². The zero-order valence-electron chi connectivity index (χ0n) is 13.3. The van der Waals surface area contributed by atoms with E-state index >= 15 is 0 Å². The van der Waals surface area contributed by atoms with E-state index in [1.54, 1.807) is 0 Å². The number of halogens is 2. The number of carbonyl (C=O) groups is 1. The molecule has 2 N–H and O–H groups in total. The molecule has 0 spiro atoms. The molecule has 5 nitrogen and oxygen atoms in total. The second kappa shape index (κ2) is 8.71. The van der Waals surface area contributed by atoms with Crippen molar-refractivity contribution < 1.29 is 4.79 Å². The van der Waals surface area contributed by atoms with E-state index in [2.05, 4.69) is 9.88 Å². The number of amides is 1. The lowest BCUT2D eigenvalue weighted by Crippen LogP contribution is -2.54. The molecular weight excluding hydrogens is 335 g/mol. The number of hydrogen-bond donors (Lipinski definition) is 1. The highest BCUT2D eigenvalue weighted by Crippen LogP contribution is 2.39. The van der Waals surface area contributed by atoms with Gasteiger partial charge in [0.05, 0.1) is 5.41 Å². The van der Waals surface area contributed by atoms with Crippen LogP contribution in [0.5, 0.6) is 0 Å². The molecule has 23 heavy (non-hydrogen) atoms. The average Bonchev–Trinajstić information content (AvgIpc) is 3.05. The summed E-state index contributed by atoms with van der Waals surface area (Å²) < 4.78 is 0. The summed E-state index contributed by atoms with van der Waals surface area (Å²) in [5, 5.41) is 0. The van der Waals surface area contributed by atoms with E-state index in [0.29, 0.717) is 6.54 Å². The van der Waals surface area contributed by atoms with Gasteiger partial charge in [-0.15, -0.1) is 24.8 Å². The van der Waals surface area contributed by atoms with Crippen LogP contribution in [0.4, 0.5) is 5.82 Å². The molecule has 0 unspecified atom stereocenters. The third-order valence-electron chi connectivity index (χ3n) is 4.95. The van der Waals surface area contributed by atoms with Crippen LogP contribution in [0.15, 0.2) is 24.4 Å². The summed E-state index contributed by atoms with van der Waals surface area (Å²) in [6.07, 6.45) is 6.01. The SMILES string of the molecule is Cl.Cl.NCC1(C(=O)N2CCN(c3ccccn3)CC2)CCCC1. The summed E-state index contributed by atoms with van der Waals surface area (Å²) in [6.45, 7) is 3.74. The first kappa shape index (κ1) is 20.0. The van der Waals surface area contributed by atoms with Crippen LogP contribution in [0.1, 0.15) is 25.7 Å². The van der Waals surface area contributed by atoms with Crippen molar-refractivity contribution in [3.05, 3.63) is 24.4 Å². The molecule has 0 bridgehead atoms. The fraction of sp³-hybridized carbons (Fsp3) is 0.625. The largest absolute Gasteiger partial charge is 0.353 e. The third kappa shape index (κ3) is 4.08. The van der Waals surface area contributed by atoms with Gasteiger partial charge in [0.25, 0.3) is 0 Å². The number of pyridine rings is 1. The lowest BCUT2D eigenvalue weighted by molar-refractivity contribution is -0.141. The molecule has 1 aliphatic carbocycles. The second-order valence-electron chi connectivity index (χ2n) is 6.16. The summed E-state index contributed by atoms with van der Waals surface area (Å²) in [6, 6.07) is 5.95. The van der Waals surface area contributed by atoms with Crippen molar-refractivity contribution in [2.45, 2.75) is 25.7 Å². The minimum Gasteiger partial charge on any atom is -0.353 e. The maximum atomic E-state index is 12.8. The molecule has 0 aromatic carbocycles. The fourth-order valence-corrected chi connectivity index (χ4v) is 3.57. The second-order valence-corrected chi connectivity index (χ2v) is 6.16. The first-order valence-electron chi connectivity index (χ1n) is 7.91. The molecule has 7 heteroatoms. The van der Waals surface area contributed by atoms with E-state index in [9.17, 15) is 4.79 Å². The van der Waals surface area contributed by atoms with Crippen molar-refractivity contribution >= 4 is 36.5 Å². The van der Waals surface area contributed by atoms with Gasteiger partial charge in [-0.2, -0.15) is 0 Å². The Morgan fingerprint density at radius 1 is 1.13 bits per heavy atom. The lowest BCUT2D eigenvalue weighted by atomic mass is 9.84. The normalized spacial score (nSPS) is 19.7. The Balaban J connectivity index is 0.00000132. The number of aromatic nitrogens is 1. The molecule has 2 aliphatic rings. The van der Waals surface area contributed by atoms with Crippen LogP contribution in [0.25, 0.3) is 0 Å². The van der Waals surface area contributed by atoms with Gasteiger partial charge in [0, 0.05) is 38.9 Å². The number of nitrogens with two attached hydrogens (primary N) is 1. The van der Waals surface area contributed by atoms with Crippen LogP contribution in [-0.4, -0.2) is 48.5 Å². The van der Waals surface area contributed by atoms with Crippen LogP contribution >= 0.6 is 24.8 Å². The topological polar surface area (TPSA) is 62.5 Å². The smallest absolute Gasteiger partial charge is 0.230 e. The predicted octanol–water partition coefficient (Wildman–Crippen LogP) is 2.09. The first-order valence-corrected chi connectivity index (χ1v) is 7.91. The van der Waals surface area contributed by atoms with E-state index < -0.39 is 0 Å². The Morgan fingerprint density at radius 3 is 2.30 bits per heavy atom. The number of hydrogen-bond acceptors (Lipinski definition) is 4. The maximum Gasteiger partial charge on any atom is 0.230 e. The summed E-state index contributed by atoms with van der Waals surface area (Å²) in [4.78, 5) is 21.4. The lowest BCUT2D eigenvalue weighted by Gasteiger charge is -2.39. The molecule has 0 radical (unpaired) electrons. The highest BCUT2D eigenvalue weighted by molar-refractivity contribution is 5.85. The Kier molecular flexibility index (Phi) is 7.58. The van der Waals surface area contributed by atoms with Crippen molar-refractivity contribution in [2.75, 3.05) is 37.6 Å². The monoisotopic (exact) mass is 360 g/mol. The van der Waals surface area contributed by atoms with Crippen LogP contribution in [0.3, 0.4) is 0 Å². The molecule has 2 fully saturated rings. The van der Waals surface area contributed by atoms with Gasteiger partial charge < -0.3 is 15.5 Å². The molecule has 1 aromatic rings. The zero-order chi connectivity index (χ0) is 14.7. The van der Waals surface area contributed by atoms with E-state index in [1.807, 2.05) is 29.3 Å². The molecule has 2 heterocycles. The average molecular weight is 361 g/mol. The minimum absolute atomic E-state index is 0. The Morgan fingerprint density at radius 2 is 1.78 bits per heavy atom. The van der Waals surface area contributed by atoms with Gasteiger partial charge >= 0.3 is 0 Å². The predicted molar refractivity (Wildman–Crippen MR) is 97.5 cm³/mol. The highest BCUT2D eigenvalue weighted by Gasteiger charge is 2.42. The molecule has 130 valence electrons. The van der Waals surface area contributed by atoms with Crippen LogP contribution in [-0.2, 0) is 4.79 Å². The van der Waals surface area contributed by atoms with E-state index in [0.717, 1.165) is 57.7 Å². The van der Waals surface area contributed by atoms with Gasteiger partial charge in [-0.3, -0.25) is 4.79 Å². The quantitative estimate of drug-likeness (QED) is 0.896. The maximum absolute atomic E-state index is 12.8. The number of nitrogens with zero attached hydrogens (tertiary/aromatic N) is 3. The van der Waals surface area contributed by atoms with E-state index in [4.69, 9.17) is 5.73 Å². The highest BCUT2D eigenvalue weighted by atomic mass is 35.5. The van der Waals surface area contributed by atoms with Gasteiger partial charge in [-0.25, -0.2) is 4.98 Å².